The van der Waals surface area contributed by atoms with Crippen molar-refractivity contribution in [1.29, 1.82) is 0 Å². The average molecular weight is 362 g/mol. The van der Waals surface area contributed by atoms with Crippen molar-refractivity contribution in [2.24, 2.45) is 0 Å². The largest absolute Gasteiger partial charge is 0.481 e. The highest BCUT2D eigenvalue weighted by Crippen LogP contribution is 2.10. The Balaban J connectivity index is 0. The number of aliphatic carboxylic acids is 2. The first-order valence-electron chi connectivity index (χ1n) is 8.65. The summed E-state index contributed by atoms with van der Waals surface area (Å²) in [5.41, 5.74) is -0.517. The van der Waals surface area contributed by atoms with Crippen LogP contribution in [0.2, 0.25) is 0 Å². The molecule has 0 radical (unpaired) electrons. The molecule has 0 aromatic heterocycles. The lowest BCUT2D eigenvalue weighted by molar-refractivity contribution is -0.138. The predicted octanol–water partition coefficient (Wildman–Crippen LogP) is 2.57. The first-order valence-corrected chi connectivity index (χ1v) is 8.65. The maximum Gasteiger partial charge on any atom is 0.410 e. The van der Waals surface area contributed by atoms with Crippen LogP contribution in [0.15, 0.2) is 0 Å². The molecule has 0 aliphatic rings. The summed E-state index contributed by atoms with van der Waals surface area (Å²) in [4.78, 5) is 33.4. The van der Waals surface area contributed by atoms with Crippen LogP contribution < -0.4 is 5.32 Å². The lowest BCUT2D eigenvalue weighted by Gasteiger charge is -2.26. The summed E-state index contributed by atoms with van der Waals surface area (Å²) in [7, 11) is 0. The van der Waals surface area contributed by atoms with E-state index >= 15 is 0 Å². The summed E-state index contributed by atoms with van der Waals surface area (Å²) >= 11 is 0. The topological polar surface area (TPSA) is 116 Å². The van der Waals surface area contributed by atoms with E-state index in [9.17, 15) is 14.4 Å². The van der Waals surface area contributed by atoms with Crippen molar-refractivity contribution in [3.63, 3.8) is 0 Å². The summed E-state index contributed by atoms with van der Waals surface area (Å²) in [5.74, 6) is -1.56. The van der Waals surface area contributed by atoms with Gasteiger partial charge >= 0.3 is 18.0 Å². The van der Waals surface area contributed by atoms with E-state index in [2.05, 4.69) is 5.32 Å². The van der Waals surface area contributed by atoms with Crippen molar-refractivity contribution >= 4 is 18.0 Å². The number of ether oxygens (including phenoxy) is 1. The second kappa shape index (κ2) is 14.5. The summed E-state index contributed by atoms with van der Waals surface area (Å²) < 4.78 is 5.19. The molecule has 0 spiro atoms. The lowest BCUT2D eigenvalue weighted by atomic mass is 10.2. The standard InChI is InChI=1S/C11H21NO4.C6H13NO2/c1-5-12(8-6-7-9(13)14)10(15)16-11(2,3)4;1-2-7-5-3-4-6(8)9/h5-8H2,1-4H3,(H,13,14);7H,2-5H2,1H3,(H,8,9). The SMILES string of the molecule is CCN(CCCC(=O)O)C(=O)OC(C)(C)C.CCNCCCC(=O)O. The molecule has 8 heteroatoms. The number of hydrogen-bond acceptors (Lipinski definition) is 5. The molecule has 0 saturated heterocycles. The van der Waals surface area contributed by atoms with Gasteiger partial charge in [-0.1, -0.05) is 6.92 Å². The fraction of sp³-hybridized carbons (Fsp3) is 0.824. The van der Waals surface area contributed by atoms with Crippen molar-refractivity contribution in [2.75, 3.05) is 26.2 Å². The van der Waals surface area contributed by atoms with E-state index < -0.39 is 17.5 Å². The smallest absolute Gasteiger partial charge is 0.410 e. The van der Waals surface area contributed by atoms with Crippen LogP contribution in [0.5, 0.6) is 0 Å². The highest BCUT2D eigenvalue weighted by atomic mass is 16.6. The van der Waals surface area contributed by atoms with Gasteiger partial charge in [0.1, 0.15) is 5.60 Å². The van der Waals surface area contributed by atoms with E-state index in [0.29, 0.717) is 19.5 Å². The molecule has 3 N–H and O–H groups in total. The van der Waals surface area contributed by atoms with Crippen LogP contribution in [-0.2, 0) is 14.3 Å². The Kier molecular flexibility index (Phi) is 14.7. The van der Waals surface area contributed by atoms with Gasteiger partial charge in [0.15, 0.2) is 0 Å². The van der Waals surface area contributed by atoms with Gasteiger partial charge in [-0.25, -0.2) is 4.79 Å². The third-order valence-corrected chi connectivity index (χ3v) is 2.85. The number of rotatable bonds is 10. The Bertz CT molecular complexity index is 393. The van der Waals surface area contributed by atoms with Gasteiger partial charge in [0.2, 0.25) is 0 Å². The number of amides is 1. The van der Waals surface area contributed by atoms with Crippen LogP contribution in [0.1, 0.15) is 60.3 Å². The first-order chi connectivity index (χ1) is 11.5. The van der Waals surface area contributed by atoms with Crippen LogP contribution >= 0.6 is 0 Å². The molecule has 0 aromatic rings. The summed E-state index contributed by atoms with van der Waals surface area (Å²) in [5, 5.41) is 19.7. The Hall–Kier alpha value is -1.83. The third kappa shape index (κ3) is 20.1. The molecule has 0 fully saturated rings. The number of hydrogen-bond donors (Lipinski definition) is 3. The molecule has 0 aliphatic heterocycles. The fourth-order valence-electron chi connectivity index (χ4n) is 1.67. The van der Waals surface area contributed by atoms with Crippen LogP contribution in [0, 0.1) is 0 Å². The molecule has 0 aromatic carbocycles. The van der Waals surface area contributed by atoms with Gasteiger partial charge in [-0.15, -0.1) is 0 Å². The van der Waals surface area contributed by atoms with Gasteiger partial charge in [-0.2, -0.15) is 0 Å². The maximum atomic E-state index is 11.6. The van der Waals surface area contributed by atoms with E-state index in [4.69, 9.17) is 14.9 Å². The Labute approximate surface area is 150 Å². The Morgan fingerprint density at radius 3 is 1.92 bits per heavy atom. The molecular weight excluding hydrogens is 328 g/mol. The highest BCUT2D eigenvalue weighted by molar-refractivity contribution is 5.68. The molecule has 0 rings (SSSR count). The zero-order valence-electron chi connectivity index (χ0n) is 16.1. The summed E-state index contributed by atoms with van der Waals surface area (Å²) in [6, 6.07) is 0. The van der Waals surface area contributed by atoms with E-state index in [-0.39, 0.29) is 18.9 Å². The number of carboxylic acid groups (broad SMARTS) is 2. The molecule has 0 saturated carbocycles. The fourth-order valence-corrected chi connectivity index (χ4v) is 1.67. The highest BCUT2D eigenvalue weighted by Gasteiger charge is 2.20. The lowest BCUT2D eigenvalue weighted by Crippen LogP contribution is -2.37. The van der Waals surface area contributed by atoms with E-state index in [0.717, 1.165) is 19.5 Å². The molecule has 148 valence electrons. The second-order valence-corrected chi connectivity index (χ2v) is 6.41. The van der Waals surface area contributed by atoms with Gasteiger partial charge in [0.25, 0.3) is 0 Å². The molecule has 1 amide bonds. The molecule has 0 heterocycles. The second-order valence-electron chi connectivity index (χ2n) is 6.41. The minimum atomic E-state index is -0.847. The normalized spacial score (nSPS) is 10.4. The molecule has 25 heavy (non-hydrogen) atoms. The summed E-state index contributed by atoms with van der Waals surface area (Å²) in [6.07, 6.45) is 1.12. The maximum absolute atomic E-state index is 11.6. The van der Waals surface area contributed by atoms with Crippen molar-refractivity contribution in [3.8, 4) is 0 Å². The van der Waals surface area contributed by atoms with Crippen LogP contribution in [-0.4, -0.2) is 64.9 Å². The number of carbonyl (C=O) groups is 3. The van der Waals surface area contributed by atoms with Crippen molar-refractivity contribution in [3.05, 3.63) is 0 Å². The van der Waals surface area contributed by atoms with Crippen LogP contribution in [0.4, 0.5) is 4.79 Å². The van der Waals surface area contributed by atoms with Gasteiger partial charge in [-0.05, 0) is 53.6 Å². The zero-order chi connectivity index (χ0) is 19.9. The number of carboxylic acids is 2. The molecule has 8 nitrogen and oxygen atoms in total. The third-order valence-electron chi connectivity index (χ3n) is 2.85. The van der Waals surface area contributed by atoms with E-state index in [1.807, 2.05) is 13.8 Å². The van der Waals surface area contributed by atoms with E-state index in [1.165, 1.54) is 4.90 Å². The number of carbonyl (C=O) groups excluding carboxylic acids is 1. The van der Waals surface area contributed by atoms with Gasteiger partial charge < -0.3 is 25.2 Å². The molecule has 0 aliphatic carbocycles. The molecule has 0 bridgehead atoms. The minimum Gasteiger partial charge on any atom is -0.481 e. The van der Waals surface area contributed by atoms with Crippen molar-refractivity contribution in [1.82, 2.24) is 10.2 Å². The number of nitrogens with zero attached hydrogens (tertiary/aromatic N) is 1. The molecule has 0 unspecified atom stereocenters. The van der Waals surface area contributed by atoms with Crippen molar-refractivity contribution in [2.45, 2.75) is 65.9 Å². The predicted molar refractivity (Wildman–Crippen MR) is 95.8 cm³/mol. The monoisotopic (exact) mass is 362 g/mol. The quantitative estimate of drug-likeness (QED) is 0.511. The minimum absolute atomic E-state index is 0.0687. The van der Waals surface area contributed by atoms with Gasteiger partial charge in [0, 0.05) is 25.9 Å². The first kappa shape index (κ1) is 25.4. The van der Waals surface area contributed by atoms with Gasteiger partial charge in [0.05, 0.1) is 0 Å². The number of nitrogens with one attached hydrogen (secondary N) is 1. The Morgan fingerprint density at radius 1 is 1.00 bits per heavy atom. The van der Waals surface area contributed by atoms with E-state index in [1.54, 1.807) is 20.8 Å². The molecule has 0 atom stereocenters. The Morgan fingerprint density at radius 2 is 1.52 bits per heavy atom. The molecular formula is C17H34N2O6. The van der Waals surface area contributed by atoms with Crippen LogP contribution in [0.3, 0.4) is 0 Å². The van der Waals surface area contributed by atoms with Gasteiger partial charge in [-0.3, -0.25) is 9.59 Å². The van der Waals surface area contributed by atoms with Crippen molar-refractivity contribution < 1.29 is 29.3 Å². The summed E-state index contributed by atoms with van der Waals surface area (Å²) in [6.45, 7) is 11.9. The zero-order valence-corrected chi connectivity index (χ0v) is 16.1. The van der Waals surface area contributed by atoms with Crippen LogP contribution in [0.25, 0.3) is 0 Å². The average Bonchev–Trinajstić information content (AvgIpc) is 2.46.